The molecule has 0 spiro atoms. The minimum absolute atomic E-state index is 0.133. The van der Waals surface area contributed by atoms with Gasteiger partial charge >= 0.3 is 0 Å². The van der Waals surface area contributed by atoms with Crippen LogP contribution in [0.2, 0.25) is 0 Å². The number of hydrogen-bond acceptors (Lipinski definition) is 4. The number of amides is 2. The van der Waals surface area contributed by atoms with E-state index in [9.17, 15) is 18.0 Å². The Morgan fingerprint density at radius 3 is 1.97 bits per heavy atom. The molecule has 162 valence electrons. The number of nitrogens with zero attached hydrogens (tertiary/aromatic N) is 3. The molecule has 8 heteroatoms. The Labute approximate surface area is 174 Å². The van der Waals surface area contributed by atoms with E-state index in [1.165, 1.54) is 16.4 Å². The summed E-state index contributed by atoms with van der Waals surface area (Å²) < 4.78 is 26.5. The van der Waals surface area contributed by atoms with Gasteiger partial charge in [0.15, 0.2) is 0 Å². The van der Waals surface area contributed by atoms with Gasteiger partial charge in [0.1, 0.15) is 0 Å². The Hall–Kier alpha value is -1.93. The highest BCUT2D eigenvalue weighted by molar-refractivity contribution is 7.89. The molecule has 0 N–H and O–H groups in total. The zero-order valence-electron chi connectivity index (χ0n) is 17.9. The molecule has 1 aromatic carbocycles. The maximum Gasteiger partial charge on any atom is 0.253 e. The third-order valence-electron chi connectivity index (χ3n) is 5.30. The summed E-state index contributed by atoms with van der Waals surface area (Å²) in [5.74, 6) is 0.512. The van der Waals surface area contributed by atoms with Gasteiger partial charge in [-0.1, -0.05) is 27.7 Å². The first-order chi connectivity index (χ1) is 13.7. The maximum absolute atomic E-state index is 12.8. The molecule has 2 amide bonds. The first kappa shape index (κ1) is 23.3. The molecule has 0 aliphatic carbocycles. The summed E-state index contributed by atoms with van der Waals surface area (Å²) in [6, 6.07) is 6.12. The highest BCUT2D eigenvalue weighted by Gasteiger charge is 2.26. The van der Waals surface area contributed by atoms with Crippen molar-refractivity contribution < 1.29 is 18.0 Å². The summed E-state index contributed by atoms with van der Waals surface area (Å²) in [5.41, 5.74) is 0.461. The van der Waals surface area contributed by atoms with E-state index < -0.39 is 10.0 Å². The largest absolute Gasteiger partial charge is 0.339 e. The number of sulfonamides is 1. The maximum atomic E-state index is 12.8. The number of hydrogen-bond donors (Lipinski definition) is 0. The first-order valence-corrected chi connectivity index (χ1v) is 11.8. The molecule has 2 rings (SSSR count). The van der Waals surface area contributed by atoms with Crippen LogP contribution in [0.1, 0.15) is 50.9 Å². The van der Waals surface area contributed by atoms with Gasteiger partial charge in [-0.25, -0.2) is 8.42 Å². The van der Waals surface area contributed by atoms with Crippen LogP contribution in [0.4, 0.5) is 0 Å². The first-order valence-electron chi connectivity index (χ1n) is 10.4. The molecule has 0 aromatic heterocycles. The summed E-state index contributed by atoms with van der Waals surface area (Å²) in [5, 5.41) is 0. The van der Waals surface area contributed by atoms with Crippen LogP contribution in [0.15, 0.2) is 29.2 Å². The van der Waals surface area contributed by atoms with Crippen molar-refractivity contribution in [3.63, 3.8) is 0 Å². The summed E-state index contributed by atoms with van der Waals surface area (Å²) >= 11 is 0. The van der Waals surface area contributed by atoms with Gasteiger partial charge in [0.05, 0.1) is 4.90 Å². The molecule has 1 aromatic rings. The molecule has 1 fully saturated rings. The van der Waals surface area contributed by atoms with Crippen LogP contribution in [-0.2, 0) is 14.8 Å². The topological polar surface area (TPSA) is 78.0 Å². The molecular weight excluding hydrogens is 390 g/mol. The predicted molar refractivity (Wildman–Crippen MR) is 113 cm³/mol. The Kier molecular flexibility index (Phi) is 8.22. The van der Waals surface area contributed by atoms with Crippen LogP contribution in [0.5, 0.6) is 0 Å². The van der Waals surface area contributed by atoms with E-state index in [2.05, 4.69) is 13.8 Å². The van der Waals surface area contributed by atoms with E-state index in [0.29, 0.717) is 57.2 Å². The average Bonchev–Trinajstić information content (AvgIpc) is 2.72. The lowest BCUT2D eigenvalue weighted by Crippen LogP contribution is -2.50. The van der Waals surface area contributed by atoms with Gasteiger partial charge in [-0.3, -0.25) is 9.59 Å². The SMILES string of the molecule is CCN(CC)S(=O)(=O)c1ccc(C(=O)N2CCN(C(=O)CCC(C)C)CC2)cc1. The fourth-order valence-electron chi connectivity index (χ4n) is 3.39. The molecule has 29 heavy (non-hydrogen) atoms. The number of benzene rings is 1. The van der Waals surface area contributed by atoms with Crippen molar-refractivity contribution in [1.82, 2.24) is 14.1 Å². The summed E-state index contributed by atoms with van der Waals surface area (Å²) in [7, 11) is -3.53. The van der Waals surface area contributed by atoms with Crippen molar-refractivity contribution >= 4 is 21.8 Å². The smallest absolute Gasteiger partial charge is 0.253 e. The molecule has 1 aliphatic heterocycles. The number of carbonyl (C=O) groups excluding carboxylic acids is 2. The van der Waals surface area contributed by atoms with Gasteiger partial charge in [0.25, 0.3) is 5.91 Å². The van der Waals surface area contributed by atoms with Gasteiger partial charge in [0.2, 0.25) is 15.9 Å². The molecule has 0 atom stereocenters. The fraction of sp³-hybridized carbons (Fsp3) is 0.619. The fourth-order valence-corrected chi connectivity index (χ4v) is 4.85. The van der Waals surface area contributed by atoms with E-state index in [0.717, 1.165) is 6.42 Å². The standard InChI is InChI=1S/C21H33N3O4S/c1-5-24(6-2)29(27,28)19-10-8-18(9-11-19)21(26)23-15-13-22(14-16-23)20(25)12-7-17(3)4/h8-11,17H,5-7,12-16H2,1-4H3. The second kappa shape index (κ2) is 10.2. The van der Waals surface area contributed by atoms with E-state index >= 15 is 0 Å². The van der Waals surface area contributed by atoms with Crippen molar-refractivity contribution in [2.75, 3.05) is 39.3 Å². The Balaban J connectivity index is 1.97. The lowest BCUT2D eigenvalue weighted by Gasteiger charge is -2.35. The Bertz CT molecular complexity index is 794. The molecular formula is C21H33N3O4S. The van der Waals surface area contributed by atoms with Crippen LogP contribution in [0.3, 0.4) is 0 Å². The van der Waals surface area contributed by atoms with Crippen LogP contribution < -0.4 is 0 Å². The second-order valence-corrected chi connectivity index (χ2v) is 9.66. The molecule has 0 bridgehead atoms. The molecule has 1 heterocycles. The molecule has 0 radical (unpaired) electrons. The highest BCUT2D eigenvalue weighted by Crippen LogP contribution is 2.18. The van der Waals surface area contributed by atoms with Crippen LogP contribution in [-0.4, -0.2) is 73.6 Å². The quantitative estimate of drug-likeness (QED) is 0.643. The van der Waals surface area contributed by atoms with Crippen molar-refractivity contribution in [2.24, 2.45) is 5.92 Å². The predicted octanol–water partition coefficient (Wildman–Crippen LogP) is 2.44. The van der Waals surface area contributed by atoms with Crippen molar-refractivity contribution in [3.8, 4) is 0 Å². The van der Waals surface area contributed by atoms with Crippen LogP contribution in [0.25, 0.3) is 0 Å². The van der Waals surface area contributed by atoms with Crippen molar-refractivity contribution in [1.29, 1.82) is 0 Å². The van der Waals surface area contributed by atoms with Crippen molar-refractivity contribution in [3.05, 3.63) is 29.8 Å². The van der Waals surface area contributed by atoms with Crippen LogP contribution >= 0.6 is 0 Å². The number of carbonyl (C=O) groups is 2. The number of rotatable bonds is 8. The normalized spacial score (nSPS) is 15.2. The van der Waals surface area contributed by atoms with E-state index in [1.54, 1.807) is 30.9 Å². The Morgan fingerprint density at radius 2 is 1.48 bits per heavy atom. The molecule has 7 nitrogen and oxygen atoms in total. The average molecular weight is 424 g/mol. The summed E-state index contributed by atoms with van der Waals surface area (Å²) in [4.78, 5) is 28.7. The monoisotopic (exact) mass is 423 g/mol. The lowest BCUT2D eigenvalue weighted by atomic mass is 10.1. The van der Waals surface area contributed by atoms with Gasteiger partial charge in [-0.05, 0) is 36.6 Å². The lowest BCUT2D eigenvalue weighted by molar-refractivity contribution is -0.132. The third kappa shape index (κ3) is 5.79. The van der Waals surface area contributed by atoms with Gasteiger partial charge in [0, 0.05) is 51.3 Å². The molecule has 1 saturated heterocycles. The minimum atomic E-state index is -3.53. The van der Waals surface area contributed by atoms with Gasteiger partial charge in [-0.2, -0.15) is 4.31 Å². The van der Waals surface area contributed by atoms with Crippen molar-refractivity contribution in [2.45, 2.75) is 45.4 Å². The highest BCUT2D eigenvalue weighted by atomic mass is 32.2. The zero-order chi connectivity index (χ0) is 21.6. The van der Waals surface area contributed by atoms with Gasteiger partial charge < -0.3 is 9.80 Å². The second-order valence-electron chi connectivity index (χ2n) is 7.72. The summed E-state index contributed by atoms with van der Waals surface area (Å²) in [6.45, 7) is 10.7. The number of piperazine rings is 1. The van der Waals surface area contributed by atoms with E-state index in [-0.39, 0.29) is 16.7 Å². The van der Waals surface area contributed by atoms with Gasteiger partial charge in [-0.15, -0.1) is 0 Å². The third-order valence-corrected chi connectivity index (χ3v) is 7.36. The molecule has 0 saturated carbocycles. The Morgan fingerprint density at radius 1 is 0.966 bits per heavy atom. The zero-order valence-corrected chi connectivity index (χ0v) is 18.7. The molecule has 1 aliphatic rings. The van der Waals surface area contributed by atoms with E-state index in [1.807, 2.05) is 4.90 Å². The minimum Gasteiger partial charge on any atom is -0.339 e. The van der Waals surface area contributed by atoms with Crippen LogP contribution in [0, 0.1) is 5.92 Å². The molecule has 0 unspecified atom stereocenters. The van der Waals surface area contributed by atoms with E-state index in [4.69, 9.17) is 0 Å². The summed E-state index contributed by atoms with van der Waals surface area (Å²) in [6.07, 6.45) is 1.43.